The molecule has 1 aromatic heterocycles. The Morgan fingerprint density at radius 1 is 1.44 bits per heavy atom. The normalized spacial score (nSPS) is 25.1. The van der Waals surface area contributed by atoms with Gasteiger partial charge in [-0.2, -0.15) is 0 Å². The van der Waals surface area contributed by atoms with Gasteiger partial charge in [0.25, 0.3) is 0 Å². The lowest BCUT2D eigenvalue weighted by molar-refractivity contribution is 0.394. The molecule has 16 heavy (non-hydrogen) atoms. The molecule has 1 saturated carbocycles. The monoisotopic (exact) mass is 221 g/mol. The third-order valence-electron chi connectivity index (χ3n) is 3.13. The zero-order valence-corrected chi connectivity index (χ0v) is 9.65. The molecule has 2 atom stereocenters. The van der Waals surface area contributed by atoms with Gasteiger partial charge in [-0.3, -0.25) is 0 Å². The summed E-state index contributed by atoms with van der Waals surface area (Å²) in [6, 6.07) is 4.31. The maximum atomic E-state index is 6.09. The van der Waals surface area contributed by atoms with Crippen molar-refractivity contribution in [2.45, 2.75) is 37.8 Å². The van der Waals surface area contributed by atoms with Crippen LogP contribution in [0.25, 0.3) is 0 Å². The van der Waals surface area contributed by atoms with E-state index in [4.69, 9.17) is 10.5 Å². The van der Waals surface area contributed by atoms with Crippen LogP contribution >= 0.6 is 0 Å². The van der Waals surface area contributed by atoms with Crippen molar-refractivity contribution in [1.29, 1.82) is 0 Å². The summed E-state index contributed by atoms with van der Waals surface area (Å²) in [5.74, 6) is 1.58. The molecule has 0 saturated heterocycles. The molecule has 4 heteroatoms. The fourth-order valence-corrected chi connectivity index (χ4v) is 2.18. The average Bonchev–Trinajstić information content (AvgIpc) is 2.33. The summed E-state index contributed by atoms with van der Waals surface area (Å²) < 4.78 is 5.26. The van der Waals surface area contributed by atoms with Crippen LogP contribution in [0.2, 0.25) is 0 Å². The van der Waals surface area contributed by atoms with E-state index in [9.17, 15) is 0 Å². The van der Waals surface area contributed by atoms with Crippen molar-refractivity contribution in [3.8, 4) is 5.75 Å². The molecule has 1 aromatic rings. The van der Waals surface area contributed by atoms with Crippen LogP contribution in [0, 0.1) is 0 Å². The summed E-state index contributed by atoms with van der Waals surface area (Å²) in [5.41, 5.74) is 6.09. The summed E-state index contributed by atoms with van der Waals surface area (Å²) >= 11 is 0. The quantitative estimate of drug-likeness (QED) is 0.816. The third-order valence-corrected chi connectivity index (χ3v) is 3.13. The van der Waals surface area contributed by atoms with Gasteiger partial charge in [0, 0.05) is 18.3 Å². The first-order valence-corrected chi connectivity index (χ1v) is 5.82. The SMILES string of the molecule is COc1cccnc1N[C@@H]1CCCC[C@H]1N. The summed E-state index contributed by atoms with van der Waals surface area (Å²) in [6.45, 7) is 0. The predicted octanol–water partition coefficient (Wildman–Crippen LogP) is 1.77. The van der Waals surface area contributed by atoms with Gasteiger partial charge in [-0.1, -0.05) is 12.8 Å². The Morgan fingerprint density at radius 2 is 2.25 bits per heavy atom. The van der Waals surface area contributed by atoms with E-state index < -0.39 is 0 Å². The van der Waals surface area contributed by atoms with Gasteiger partial charge in [0.05, 0.1) is 7.11 Å². The summed E-state index contributed by atoms with van der Waals surface area (Å²) in [6.07, 6.45) is 6.44. The molecule has 2 rings (SSSR count). The minimum absolute atomic E-state index is 0.223. The molecular formula is C12H19N3O. The zero-order valence-electron chi connectivity index (χ0n) is 9.65. The number of ether oxygens (including phenoxy) is 1. The molecule has 0 radical (unpaired) electrons. The van der Waals surface area contributed by atoms with Gasteiger partial charge in [0.2, 0.25) is 0 Å². The molecule has 3 N–H and O–H groups in total. The Bertz CT molecular complexity index is 343. The minimum atomic E-state index is 0.223. The van der Waals surface area contributed by atoms with Gasteiger partial charge in [-0.25, -0.2) is 4.98 Å². The van der Waals surface area contributed by atoms with Gasteiger partial charge in [-0.05, 0) is 25.0 Å². The highest BCUT2D eigenvalue weighted by molar-refractivity contribution is 5.50. The maximum Gasteiger partial charge on any atom is 0.169 e. The topological polar surface area (TPSA) is 60.2 Å². The molecule has 1 aliphatic rings. The van der Waals surface area contributed by atoms with Crippen molar-refractivity contribution in [3.63, 3.8) is 0 Å². The van der Waals surface area contributed by atoms with E-state index in [1.165, 1.54) is 12.8 Å². The first-order valence-electron chi connectivity index (χ1n) is 5.82. The number of methoxy groups -OCH3 is 1. The lowest BCUT2D eigenvalue weighted by atomic mass is 9.91. The summed E-state index contributed by atoms with van der Waals surface area (Å²) in [4.78, 5) is 4.29. The van der Waals surface area contributed by atoms with Gasteiger partial charge >= 0.3 is 0 Å². The molecule has 4 nitrogen and oxygen atoms in total. The number of hydrogen-bond acceptors (Lipinski definition) is 4. The highest BCUT2D eigenvalue weighted by atomic mass is 16.5. The third kappa shape index (κ3) is 2.44. The molecule has 1 heterocycles. The van der Waals surface area contributed by atoms with Crippen molar-refractivity contribution < 1.29 is 4.74 Å². The Kier molecular flexibility index (Phi) is 3.62. The van der Waals surface area contributed by atoms with Crippen molar-refractivity contribution in [2.75, 3.05) is 12.4 Å². The number of anilines is 1. The first kappa shape index (κ1) is 11.2. The molecule has 0 unspecified atom stereocenters. The zero-order chi connectivity index (χ0) is 11.4. The smallest absolute Gasteiger partial charge is 0.169 e. The lowest BCUT2D eigenvalue weighted by Gasteiger charge is -2.30. The van der Waals surface area contributed by atoms with Crippen LogP contribution in [-0.2, 0) is 0 Å². The van der Waals surface area contributed by atoms with E-state index in [1.807, 2.05) is 12.1 Å². The van der Waals surface area contributed by atoms with Crippen LogP contribution in [0.1, 0.15) is 25.7 Å². The van der Waals surface area contributed by atoms with Crippen LogP contribution in [0.15, 0.2) is 18.3 Å². The average molecular weight is 221 g/mol. The molecule has 0 amide bonds. The molecule has 1 fully saturated rings. The number of aromatic nitrogens is 1. The van der Waals surface area contributed by atoms with Crippen molar-refractivity contribution in [2.24, 2.45) is 5.73 Å². The fraction of sp³-hybridized carbons (Fsp3) is 0.583. The van der Waals surface area contributed by atoms with Gasteiger partial charge in [0.15, 0.2) is 11.6 Å². The van der Waals surface area contributed by atoms with Gasteiger partial charge in [0.1, 0.15) is 0 Å². The Balaban J connectivity index is 2.07. The van der Waals surface area contributed by atoms with E-state index >= 15 is 0 Å². The molecule has 0 spiro atoms. The van der Waals surface area contributed by atoms with Crippen LogP contribution in [0.3, 0.4) is 0 Å². The Hall–Kier alpha value is -1.29. The second kappa shape index (κ2) is 5.16. The summed E-state index contributed by atoms with van der Waals surface area (Å²) in [5, 5.41) is 3.39. The van der Waals surface area contributed by atoms with Crippen LogP contribution in [0.5, 0.6) is 5.75 Å². The highest BCUT2D eigenvalue weighted by Gasteiger charge is 2.22. The number of nitrogens with two attached hydrogens (primary N) is 1. The fourth-order valence-electron chi connectivity index (χ4n) is 2.18. The van der Waals surface area contributed by atoms with Gasteiger partial charge < -0.3 is 15.8 Å². The minimum Gasteiger partial charge on any atom is -0.493 e. The second-order valence-electron chi connectivity index (χ2n) is 4.25. The molecular weight excluding hydrogens is 202 g/mol. The number of nitrogens with zero attached hydrogens (tertiary/aromatic N) is 1. The van der Waals surface area contributed by atoms with Crippen LogP contribution < -0.4 is 15.8 Å². The van der Waals surface area contributed by atoms with Crippen molar-refractivity contribution in [3.05, 3.63) is 18.3 Å². The second-order valence-corrected chi connectivity index (χ2v) is 4.25. The van der Waals surface area contributed by atoms with E-state index in [1.54, 1.807) is 13.3 Å². The standard InChI is InChI=1S/C12H19N3O/c1-16-11-7-4-8-14-12(11)15-10-6-3-2-5-9(10)13/h4,7-10H,2-3,5-6,13H2,1H3,(H,14,15)/t9-,10-/m1/s1. The largest absolute Gasteiger partial charge is 0.493 e. The number of rotatable bonds is 3. The number of nitrogens with one attached hydrogen (secondary N) is 1. The first-order chi connectivity index (χ1) is 7.81. The molecule has 0 aromatic carbocycles. The van der Waals surface area contributed by atoms with Gasteiger partial charge in [-0.15, -0.1) is 0 Å². The van der Waals surface area contributed by atoms with Crippen molar-refractivity contribution >= 4 is 5.82 Å². The molecule has 1 aliphatic carbocycles. The number of hydrogen-bond donors (Lipinski definition) is 2. The van der Waals surface area contributed by atoms with Crippen LogP contribution in [0.4, 0.5) is 5.82 Å². The highest BCUT2D eigenvalue weighted by Crippen LogP contribution is 2.25. The summed E-state index contributed by atoms with van der Waals surface area (Å²) in [7, 11) is 1.66. The molecule has 88 valence electrons. The van der Waals surface area contributed by atoms with E-state index in [0.717, 1.165) is 24.4 Å². The van der Waals surface area contributed by atoms with Crippen LogP contribution in [-0.4, -0.2) is 24.2 Å². The lowest BCUT2D eigenvalue weighted by Crippen LogP contribution is -2.42. The Morgan fingerprint density at radius 3 is 3.00 bits per heavy atom. The maximum absolute atomic E-state index is 6.09. The predicted molar refractivity (Wildman–Crippen MR) is 64.6 cm³/mol. The van der Waals surface area contributed by atoms with E-state index in [-0.39, 0.29) is 6.04 Å². The number of pyridine rings is 1. The van der Waals surface area contributed by atoms with E-state index in [2.05, 4.69) is 10.3 Å². The molecule has 0 bridgehead atoms. The molecule has 0 aliphatic heterocycles. The van der Waals surface area contributed by atoms with E-state index in [0.29, 0.717) is 6.04 Å². The Labute approximate surface area is 96.2 Å². The van der Waals surface area contributed by atoms with Crippen molar-refractivity contribution in [1.82, 2.24) is 4.98 Å².